The molecule has 0 bridgehead atoms. The van der Waals surface area contributed by atoms with Crippen LogP contribution in [0.25, 0.3) is 11.3 Å². The number of hydrogen-bond donors (Lipinski definition) is 1. The monoisotopic (exact) mass is 521 g/mol. The van der Waals surface area contributed by atoms with Gasteiger partial charge in [-0.15, -0.1) is 11.3 Å². The van der Waals surface area contributed by atoms with E-state index in [1.165, 1.54) is 16.7 Å². The zero-order chi connectivity index (χ0) is 25.8. The van der Waals surface area contributed by atoms with Gasteiger partial charge in [0.25, 0.3) is 0 Å². The second kappa shape index (κ2) is 11.6. The van der Waals surface area contributed by atoms with Gasteiger partial charge in [0.1, 0.15) is 12.4 Å². The fraction of sp³-hybridized carbons (Fsp3) is 0.448. The molecule has 2 aromatic carbocycles. The maximum absolute atomic E-state index is 11.3. The Balaban J connectivity index is 1.26. The maximum Gasteiger partial charge on any atom is 0.306 e. The molecule has 1 N–H and O–H groups in total. The van der Waals surface area contributed by atoms with E-state index in [-0.39, 0.29) is 5.92 Å². The van der Waals surface area contributed by atoms with E-state index in [0.29, 0.717) is 19.4 Å². The number of thiazole rings is 1. The average Bonchev–Trinajstić information content (AvgIpc) is 3.40. The Bertz CT molecular complexity index is 1230. The Morgan fingerprint density at radius 1 is 1.11 bits per heavy atom. The number of ether oxygens (including phenoxy) is 2. The third-order valence-corrected chi connectivity index (χ3v) is 8.22. The minimum Gasteiger partial charge on any atom is -0.488 e. The molecule has 0 aliphatic carbocycles. The smallest absolute Gasteiger partial charge is 0.306 e. The molecule has 2 aliphatic rings. The van der Waals surface area contributed by atoms with E-state index in [1.54, 1.807) is 11.3 Å². The lowest BCUT2D eigenvalue weighted by molar-refractivity contribution is -0.142. The third-order valence-electron chi connectivity index (χ3n) is 7.32. The second-order valence-electron chi connectivity index (χ2n) is 10.1. The van der Waals surface area contributed by atoms with Gasteiger partial charge < -0.3 is 19.5 Å². The van der Waals surface area contributed by atoms with Crippen molar-refractivity contribution in [2.75, 3.05) is 44.3 Å². The minimum absolute atomic E-state index is 0.246. The van der Waals surface area contributed by atoms with Crippen LogP contribution in [-0.2, 0) is 22.7 Å². The highest BCUT2D eigenvalue weighted by Gasteiger charge is 2.26. The molecule has 0 spiro atoms. The summed E-state index contributed by atoms with van der Waals surface area (Å²) in [5, 5.41) is 12.3. The molecule has 37 heavy (non-hydrogen) atoms. The molecule has 0 atom stereocenters. The van der Waals surface area contributed by atoms with Gasteiger partial charge in [-0.05, 0) is 55.5 Å². The number of aryl methyl sites for hydroxylation is 2. The fourth-order valence-electron chi connectivity index (χ4n) is 5.01. The van der Waals surface area contributed by atoms with E-state index in [1.807, 2.05) is 6.07 Å². The van der Waals surface area contributed by atoms with Crippen LogP contribution in [0, 0.1) is 19.8 Å². The topological polar surface area (TPSA) is 75.1 Å². The lowest BCUT2D eigenvalue weighted by Gasteiger charge is -2.29. The molecule has 7 nitrogen and oxygen atoms in total. The Morgan fingerprint density at radius 3 is 2.62 bits per heavy atom. The van der Waals surface area contributed by atoms with Gasteiger partial charge in [-0.3, -0.25) is 9.69 Å². The zero-order valence-corrected chi connectivity index (χ0v) is 22.4. The highest BCUT2D eigenvalue weighted by Crippen LogP contribution is 2.36. The highest BCUT2D eigenvalue weighted by molar-refractivity contribution is 7.14. The van der Waals surface area contributed by atoms with Gasteiger partial charge in [-0.25, -0.2) is 4.98 Å². The number of carboxylic acid groups (broad SMARTS) is 1. The van der Waals surface area contributed by atoms with Crippen molar-refractivity contribution in [3.05, 3.63) is 64.0 Å². The number of rotatable bonds is 8. The summed E-state index contributed by atoms with van der Waals surface area (Å²) in [6.45, 7) is 10.7. The summed E-state index contributed by atoms with van der Waals surface area (Å²) >= 11 is 1.61. The molecule has 196 valence electrons. The maximum atomic E-state index is 11.3. The number of anilines is 1. The molecule has 0 saturated carbocycles. The predicted molar refractivity (Wildman–Crippen MR) is 146 cm³/mol. The molecule has 0 unspecified atom stereocenters. The van der Waals surface area contributed by atoms with E-state index < -0.39 is 5.97 Å². The number of carbonyl (C=O) groups is 1. The van der Waals surface area contributed by atoms with E-state index in [9.17, 15) is 9.90 Å². The molecule has 2 aliphatic heterocycles. The number of benzene rings is 2. The van der Waals surface area contributed by atoms with Crippen LogP contribution in [0.5, 0.6) is 5.75 Å². The molecular weight excluding hydrogens is 486 g/mol. The lowest BCUT2D eigenvalue weighted by Crippen LogP contribution is -2.36. The Labute approximate surface area is 222 Å². The van der Waals surface area contributed by atoms with Crippen LogP contribution in [-0.4, -0.2) is 60.4 Å². The zero-order valence-electron chi connectivity index (χ0n) is 21.6. The Hall–Kier alpha value is -2.94. The van der Waals surface area contributed by atoms with Crippen molar-refractivity contribution < 1.29 is 19.4 Å². The normalized spacial score (nSPS) is 17.2. The molecule has 1 aromatic heterocycles. The van der Waals surface area contributed by atoms with Gasteiger partial charge in [0.05, 0.1) is 24.8 Å². The number of morpholine rings is 1. The van der Waals surface area contributed by atoms with Crippen LogP contribution < -0.4 is 9.64 Å². The fourth-order valence-corrected chi connectivity index (χ4v) is 5.89. The first-order chi connectivity index (χ1) is 18.0. The third kappa shape index (κ3) is 6.32. The first-order valence-electron chi connectivity index (χ1n) is 13.0. The standard InChI is InChI=1S/C29H35N3O4S/c1-20-3-6-27(36-18-24-5-4-22(16-21(24)2)17-31-11-13-35-14-12-31)25(15-20)26-19-37-29(30-26)32-9-7-23(8-10-32)28(33)34/h3-6,15-16,19,23H,7-14,17-18H2,1-2H3,(H,33,34). The van der Waals surface area contributed by atoms with Crippen molar-refractivity contribution >= 4 is 22.4 Å². The quantitative estimate of drug-likeness (QED) is 0.440. The van der Waals surface area contributed by atoms with Crippen molar-refractivity contribution in [3.63, 3.8) is 0 Å². The molecule has 0 radical (unpaired) electrons. The largest absolute Gasteiger partial charge is 0.488 e. The van der Waals surface area contributed by atoms with Crippen molar-refractivity contribution in [2.24, 2.45) is 5.92 Å². The van der Waals surface area contributed by atoms with Gasteiger partial charge in [0.15, 0.2) is 5.13 Å². The summed E-state index contributed by atoms with van der Waals surface area (Å²) in [5.41, 5.74) is 6.78. The minimum atomic E-state index is -0.692. The molecule has 2 fully saturated rings. The van der Waals surface area contributed by atoms with Gasteiger partial charge in [0, 0.05) is 43.7 Å². The number of aliphatic carboxylic acids is 1. The molecule has 0 amide bonds. The number of piperidine rings is 1. The van der Waals surface area contributed by atoms with Crippen molar-refractivity contribution in [1.29, 1.82) is 0 Å². The molecule has 5 rings (SSSR count). The molecule has 2 saturated heterocycles. The van der Waals surface area contributed by atoms with Crippen LogP contribution in [0.3, 0.4) is 0 Å². The average molecular weight is 522 g/mol. The first kappa shape index (κ1) is 25.7. The van der Waals surface area contributed by atoms with Crippen molar-refractivity contribution in [2.45, 2.75) is 39.8 Å². The number of hydrogen-bond acceptors (Lipinski definition) is 7. The summed E-state index contributed by atoms with van der Waals surface area (Å²) in [5.74, 6) is -0.115. The number of carboxylic acids is 1. The molecule has 8 heteroatoms. The van der Waals surface area contributed by atoms with E-state index >= 15 is 0 Å². The van der Waals surface area contributed by atoms with Crippen molar-refractivity contribution in [3.8, 4) is 17.0 Å². The first-order valence-corrected chi connectivity index (χ1v) is 13.9. The summed E-state index contributed by atoms with van der Waals surface area (Å²) in [4.78, 5) is 20.8. The summed E-state index contributed by atoms with van der Waals surface area (Å²) < 4.78 is 11.8. The number of nitrogens with zero attached hydrogens (tertiary/aromatic N) is 3. The SMILES string of the molecule is Cc1ccc(OCc2ccc(CN3CCOCC3)cc2C)c(-c2csc(N3CCC(C(=O)O)CC3)n2)c1. The van der Waals surface area contributed by atoms with Crippen LogP contribution in [0.2, 0.25) is 0 Å². The number of aromatic nitrogens is 1. The van der Waals surface area contributed by atoms with Gasteiger partial charge >= 0.3 is 5.97 Å². The van der Waals surface area contributed by atoms with E-state index in [0.717, 1.165) is 73.6 Å². The molecule has 3 heterocycles. The predicted octanol–water partition coefficient (Wildman–Crippen LogP) is 5.14. The summed E-state index contributed by atoms with van der Waals surface area (Å²) in [7, 11) is 0. The Morgan fingerprint density at radius 2 is 1.89 bits per heavy atom. The Kier molecular flexibility index (Phi) is 8.08. The van der Waals surface area contributed by atoms with Crippen molar-refractivity contribution in [1.82, 2.24) is 9.88 Å². The van der Waals surface area contributed by atoms with Crippen LogP contribution in [0.1, 0.15) is 35.1 Å². The van der Waals surface area contributed by atoms with Gasteiger partial charge in [-0.1, -0.05) is 29.8 Å². The van der Waals surface area contributed by atoms with E-state index in [4.69, 9.17) is 14.5 Å². The molecular formula is C29H35N3O4S. The van der Waals surface area contributed by atoms with Gasteiger partial charge in [0.2, 0.25) is 0 Å². The lowest BCUT2D eigenvalue weighted by atomic mass is 9.97. The highest BCUT2D eigenvalue weighted by atomic mass is 32.1. The van der Waals surface area contributed by atoms with Crippen LogP contribution in [0.15, 0.2) is 41.8 Å². The van der Waals surface area contributed by atoms with E-state index in [2.05, 4.69) is 59.4 Å². The van der Waals surface area contributed by atoms with Crippen LogP contribution >= 0.6 is 11.3 Å². The summed E-state index contributed by atoms with van der Waals surface area (Å²) in [6, 6.07) is 12.9. The summed E-state index contributed by atoms with van der Waals surface area (Å²) in [6.07, 6.45) is 1.32. The van der Waals surface area contributed by atoms with Gasteiger partial charge in [-0.2, -0.15) is 0 Å². The van der Waals surface area contributed by atoms with Crippen LogP contribution in [0.4, 0.5) is 5.13 Å². The molecule has 3 aromatic rings. The second-order valence-corrected chi connectivity index (χ2v) is 10.9.